The highest BCUT2D eigenvalue weighted by Gasteiger charge is 2.42. The lowest BCUT2D eigenvalue weighted by atomic mass is 9.88. The third kappa shape index (κ3) is 4.42. The second kappa shape index (κ2) is 9.46. The van der Waals surface area contributed by atoms with E-state index >= 15 is 0 Å². The Morgan fingerprint density at radius 3 is 2.74 bits per heavy atom. The Morgan fingerprint density at radius 2 is 2.06 bits per heavy atom. The lowest BCUT2D eigenvalue weighted by Crippen LogP contribution is -2.39. The molecule has 0 amide bonds. The van der Waals surface area contributed by atoms with Gasteiger partial charge in [-0.2, -0.15) is 0 Å². The summed E-state index contributed by atoms with van der Waals surface area (Å²) in [5.41, 5.74) is 4.35. The molecule has 0 aromatic heterocycles. The molecule has 0 spiro atoms. The van der Waals surface area contributed by atoms with Gasteiger partial charge in [0.25, 0.3) is 0 Å². The standard InChI is InChI=1S/C27H28ClF2N3S/c1-15(2)17-12-23-25(22-9-7-19(31-22)11-16(3)29)26(20-8-6-18(30)13-21(20)28)32-27(33(23)14-17)24-5-4-10-34-24/h4,6-11,13,15-17,24,26H,5,12,14H2,1-3H3/b19-11+/t16?,17-,24?,26-/m0/s1. The van der Waals surface area contributed by atoms with Gasteiger partial charge in [-0.3, -0.25) is 4.99 Å². The van der Waals surface area contributed by atoms with Gasteiger partial charge in [-0.15, -0.1) is 11.8 Å². The molecule has 1 aromatic rings. The molecular weight excluding hydrogens is 472 g/mol. The van der Waals surface area contributed by atoms with Crippen molar-refractivity contribution in [3.05, 3.63) is 81.3 Å². The molecule has 178 valence electrons. The van der Waals surface area contributed by atoms with E-state index in [4.69, 9.17) is 21.6 Å². The number of benzene rings is 1. The van der Waals surface area contributed by atoms with Crippen molar-refractivity contribution in [3.63, 3.8) is 0 Å². The van der Waals surface area contributed by atoms with Gasteiger partial charge in [0.2, 0.25) is 0 Å². The quantitative estimate of drug-likeness (QED) is 0.421. The van der Waals surface area contributed by atoms with Crippen LogP contribution in [0.25, 0.3) is 0 Å². The average Bonchev–Trinajstić information content (AvgIpc) is 3.53. The molecule has 1 fully saturated rings. The van der Waals surface area contributed by atoms with E-state index in [-0.39, 0.29) is 11.1 Å². The summed E-state index contributed by atoms with van der Waals surface area (Å²) in [6.45, 7) is 6.93. The molecule has 0 aliphatic carbocycles. The number of thioether (sulfide) groups is 1. The topological polar surface area (TPSA) is 28.0 Å². The largest absolute Gasteiger partial charge is 0.332 e. The maximum Gasteiger partial charge on any atom is 0.124 e. The Bertz CT molecular complexity index is 1170. The van der Waals surface area contributed by atoms with Crippen molar-refractivity contribution in [2.75, 3.05) is 6.54 Å². The smallest absolute Gasteiger partial charge is 0.124 e. The fourth-order valence-electron chi connectivity index (χ4n) is 5.03. The highest BCUT2D eigenvalue weighted by molar-refractivity contribution is 8.03. The van der Waals surface area contributed by atoms with E-state index in [0.717, 1.165) is 42.1 Å². The maximum atomic E-state index is 13.9. The van der Waals surface area contributed by atoms with Crippen LogP contribution in [0.1, 0.15) is 45.2 Å². The first kappa shape index (κ1) is 23.6. The van der Waals surface area contributed by atoms with Gasteiger partial charge in [0.1, 0.15) is 23.9 Å². The van der Waals surface area contributed by atoms with Crippen molar-refractivity contribution in [1.29, 1.82) is 0 Å². The van der Waals surface area contributed by atoms with Crippen LogP contribution < -0.4 is 0 Å². The fourth-order valence-corrected chi connectivity index (χ4v) is 6.24. The summed E-state index contributed by atoms with van der Waals surface area (Å²) < 4.78 is 27.6. The van der Waals surface area contributed by atoms with Crippen LogP contribution in [-0.2, 0) is 0 Å². The molecule has 1 aromatic carbocycles. The predicted molar refractivity (Wildman–Crippen MR) is 139 cm³/mol. The van der Waals surface area contributed by atoms with Crippen molar-refractivity contribution in [2.45, 2.75) is 51.1 Å². The lowest BCUT2D eigenvalue weighted by Gasteiger charge is -2.35. The Balaban J connectivity index is 1.68. The molecule has 4 heterocycles. The van der Waals surface area contributed by atoms with Crippen molar-refractivity contribution in [1.82, 2.24) is 4.90 Å². The van der Waals surface area contributed by atoms with E-state index in [1.807, 2.05) is 12.2 Å². The molecule has 0 radical (unpaired) electrons. The first-order chi connectivity index (χ1) is 16.3. The molecule has 5 rings (SSSR count). The third-order valence-corrected chi connectivity index (χ3v) is 8.24. The Labute approximate surface area is 209 Å². The van der Waals surface area contributed by atoms with Gasteiger partial charge in [0, 0.05) is 28.4 Å². The first-order valence-corrected chi connectivity index (χ1v) is 13.1. The number of rotatable bonds is 5. The van der Waals surface area contributed by atoms with Gasteiger partial charge in [-0.25, -0.2) is 13.8 Å². The Kier molecular flexibility index (Phi) is 6.56. The van der Waals surface area contributed by atoms with Crippen LogP contribution >= 0.6 is 23.4 Å². The number of allylic oxidation sites excluding steroid dienone is 5. The molecular formula is C27H28ClF2N3S. The van der Waals surface area contributed by atoms with Crippen molar-refractivity contribution >= 4 is 34.9 Å². The average molecular weight is 500 g/mol. The van der Waals surface area contributed by atoms with E-state index in [9.17, 15) is 8.78 Å². The highest BCUT2D eigenvalue weighted by Crippen LogP contribution is 2.47. The van der Waals surface area contributed by atoms with E-state index in [0.29, 0.717) is 22.6 Å². The summed E-state index contributed by atoms with van der Waals surface area (Å²) in [6.07, 6.45) is 8.24. The number of nitrogens with zero attached hydrogens (tertiary/aromatic N) is 3. The summed E-state index contributed by atoms with van der Waals surface area (Å²) in [4.78, 5) is 12.4. The van der Waals surface area contributed by atoms with Gasteiger partial charge in [0.15, 0.2) is 0 Å². The van der Waals surface area contributed by atoms with E-state index in [1.165, 1.54) is 30.8 Å². The van der Waals surface area contributed by atoms with Crippen molar-refractivity contribution in [2.24, 2.45) is 21.8 Å². The molecule has 0 N–H and O–H groups in total. The van der Waals surface area contributed by atoms with Crippen LogP contribution in [0.5, 0.6) is 0 Å². The normalized spacial score (nSPS) is 28.3. The summed E-state index contributed by atoms with van der Waals surface area (Å²) in [5, 5.41) is 2.74. The number of amidine groups is 1. The molecule has 2 unspecified atom stereocenters. The summed E-state index contributed by atoms with van der Waals surface area (Å²) in [6, 6.07) is 4.12. The van der Waals surface area contributed by atoms with Crippen LogP contribution in [0.15, 0.2) is 74.9 Å². The Hall–Kier alpha value is -2.18. The van der Waals surface area contributed by atoms with Gasteiger partial charge in [-0.05, 0) is 67.4 Å². The molecule has 0 saturated carbocycles. The Morgan fingerprint density at radius 1 is 1.24 bits per heavy atom. The van der Waals surface area contributed by atoms with E-state index < -0.39 is 12.2 Å². The molecule has 4 aliphatic heterocycles. The second-order valence-electron chi connectivity index (χ2n) is 9.57. The molecule has 1 saturated heterocycles. The van der Waals surface area contributed by atoms with Crippen LogP contribution in [0.4, 0.5) is 8.78 Å². The van der Waals surface area contributed by atoms with Crippen LogP contribution in [0, 0.1) is 17.7 Å². The predicted octanol–water partition coefficient (Wildman–Crippen LogP) is 7.44. The number of alkyl halides is 1. The van der Waals surface area contributed by atoms with Crippen LogP contribution in [-0.4, -0.2) is 34.4 Å². The van der Waals surface area contributed by atoms with Gasteiger partial charge in [-0.1, -0.05) is 37.6 Å². The number of hydrogen-bond donors (Lipinski definition) is 0. The minimum absolute atomic E-state index is 0.244. The summed E-state index contributed by atoms with van der Waals surface area (Å²) in [7, 11) is 0. The van der Waals surface area contributed by atoms with E-state index in [2.05, 4.69) is 30.2 Å². The maximum absolute atomic E-state index is 13.9. The molecule has 34 heavy (non-hydrogen) atoms. The number of aliphatic imine (C=N–C) groups is 2. The van der Waals surface area contributed by atoms with Gasteiger partial charge >= 0.3 is 0 Å². The summed E-state index contributed by atoms with van der Waals surface area (Å²) >= 11 is 8.37. The number of hydrogen-bond acceptors (Lipinski definition) is 4. The minimum Gasteiger partial charge on any atom is -0.332 e. The summed E-state index contributed by atoms with van der Waals surface area (Å²) in [5.74, 6) is 1.69. The molecule has 4 atom stereocenters. The molecule has 7 heteroatoms. The monoisotopic (exact) mass is 499 g/mol. The zero-order chi connectivity index (χ0) is 24.0. The van der Waals surface area contributed by atoms with Crippen LogP contribution in [0.3, 0.4) is 0 Å². The first-order valence-electron chi connectivity index (χ1n) is 11.8. The third-order valence-electron chi connectivity index (χ3n) is 6.84. The van der Waals surface area contributed by atoms with Crippen LogP contribution in [0.2, 0.25) is 5.02 Å². The SMILES string of the molecule is CC(F)/C=C1\C=CC(C2=C3C[C@H](C(C)C)CN3C(C3CC=CS3)=N[C@H]2c2ccc(F)cc2Cl)=N1. The number of halogens is 3. The second-order valence-corrected chi connectivity index (χ2v) is 11.1. The van der Waals surface area contributed by atoms with Gasteiger partial charge < -0.3 is 4.90 Å². The fraction of sp³-hybridized carbons (Fsp3) is 0.407. The molecule has 0 bridgehead atoms. The van der Waals surface area contributed by atoms with E-state index in [1.54, 1.807) is 17.8 Å². The zero-order valence-electron chi connectivity index (χ0n) is 19.5. The van der Waals surface area contributed by atoms with Gasteiger partial charge in [0.05, 0.1) is 16.7 Å². The molecule has 4 aliphatic rings. The van der Waals surface area contributed by atoms with Crippen molar-refractivity contribution in [3.8, 4) is 0 Å². The molecule has 3 nitrogen and oxygen atoms in total. The van der Waals surface area contributed by atoms with Crippen molar-refractivity contribution < 1.29 is 8.78 Å². The number of fused-ring (bicyclic) bond motifs is 1. The highest BCUT2D eigenvalue weighted by atomic mass is 35.5. The zero-order valence-corrected chi connectivity index (χ0v) is 21.1. The lowest BCUT2D eigenvalue weighted by molar-refractivity contribution is 0.387. The minimum atomic E-state index is -1.08.